The first kappa shape index (κ1) is 17.1. The first-order valence-corrected chi connectivity index (χ1v) is 7.97. The molecule has 0 radical (unpaired) electrons. The van der Waals surface area contributed by atoms with Crippen LogP contribution < -0.4 is 15.4 Å². The molecule has 7 heteroatoms. The van der Waals surface area contributed by atoms with Gasteiger partial charge in [-0.05, 0) is 37.6 Å². The summed E-state index contributed by atoms with van der Waals surface area (Å²) in [6, 6.07) is 7.13. The number of amides is 3. The molecule has 2 N–H and O–H groups in total. The van der Waals surface area contributed by atoms with Gasteiger partial charge in [0, 0.05) is 18.5 Å². The third-order valence-electron chi connectivity index (χ3n) is 3.33. The van der Waals surface area contributed by atoms with E-state index in [0.717, 1.165) is 27.2 Å². The van der Waals surface area contributed by atoms with Crippen molar-refractivity contribution in [2.75, 3.05) is 14.2 Å². The van der Waals surface area contributed by atoms with Gasteiger partial charge in [0.15, 0.2) is 0 Å². The van der Waals surface area contributed by atoms with Crippen molar-refractivity contribution in [2.24, 2.45) is 0 Å². The lowest BCUT2D eigenvalue weighted by molar-refractivity contribution is -0.119. The number of imide groups is 1. The van der Waals surface area contributed by atoms with Crippen molar-refractivity contribution in [2.45, 2.75) is 24.1 Å². The lowest BCUT2D eigenvalue weighted by Gasteiger charge is -2.12. The monoisotopic (exact) mass is 333 g/mol. The van der Waals surface area contributed by atoms with Gasteiger partial charge in [0.2, 0.25) is 5.91 Å². The van der Waals surface area contributed by atoms with Crippen LogP contribution in [0.2, 0.25) is 0 Å². The molecule has 1 unspecified atom stereocenters. The second kappa shape index (κ2) is 7.32. The van der Waals surface area contributed by atoms with Gasteiger partial charge in [0.25, 0.3) is 0 Å². The highest BCUT2D eigenvalue weighted by atomic mass is 32.2. The predicted octanol–water partition coefficient (Wildman–Crippen LogP) is 2.49. The number of aryl methyl sites for hydroxylation is 1. The summed E-state index contributed by atoms with van der Waals surface area (Å²) in [6.07, 6.45) is 0. The zero-order valence-electron chi connectivity index (χ0n) is 13.5. The van der Waals surface area contributed by atoms with E-state index in [9.17, 15) is 9.59 Å². The molecule has 0 fully saturated rings. The number of nitrogens with zero attached hydrogens (tertiary/aromatic N) is 1. The average molecular weight is 333 g/mol. The summed E-state index contributed by atoms with van der Waals surface area (Å²) in [4.78, 5) is 27.7. The minimum Gasteiger partial charge on any atom is -0.497 e. The summed E-state index contributed by atoms with van der Waals surface area (Å²) >= 11 is 1.30. The Morgan fingerprint density at radius 1 is 1.30 bits per heavy atom. The molecule has 0 spiro atoms. The van der Waals surface area contributed by atoms with Crippen LogP contribution in [0.4, 0.5) is 4.79 Å². The number of hydrogen-bond acceptors (Lipinski definition) is 5. The quantitative estimate of drug-likeness (QED) is 0.840. The van der Waals surface area contributed by atoms with Crippen LogP contribution in [0.1, 0.15) is 12.5 Å². The number of thioether (sulfide) groups is 1. The van der Waals surface area contributed by atoms with Gasteiger partial charge >= 0.3 is 6.03 Å². The van der Waals surface area contributed by atoms with Crippen molar-refractivity contribution in [3.8, 4) is 5.75 Å². The normalized spacial score (nSPS) is 11.8. The molecule has 0 bridgehead atoms. The molecule has 0 aliphatic rings. The Hall–Kier alpha value is -2.28. The number of benzene rings is 1. The van der Waals surface area contributed by atoms with Crippen molar-refractivity contribution < 1.29 is 14.3 Å². The molecule has 1 aromatic heterocycles. The van der Waals surface area contributed by atoms with E-state index in [1.54, 1.807) is 14.0 Å². The summed E-state index contributed by atoms with van der Waals surface area (Å²) in [6.45, 7) is 3.73. The van der Waals surface area contributed by atoms with Crippen LogP contribution in [0, 0.1) is 6.92 Å². The van der Waals surface area contributed by atoms with E-state index < -0.39 is 11.3 Å². The topological polar surface area (TPSA) is 80.3 Å². The van der Waals surface area contributed by atoms with Crippen LogP contribution in [0.25, 0.3) is 10.9 Å². The molecule has 122 valence electrons. The smallest absolute Gasteiger partial charge is 0.321 e. The molecule has 2 rings (SSSR count). The summed E-state index contributed by atoms with van der Waals surface area (Å²) < 4.78 is 5.22. The molecule has 1 atom stereocenters. The minimum atomic E-state index is -0.519. The van der Waals surface area contributed by atoms with E-state index in [1.165, 1.54) is 18.8 Å². The number of carbonyl (C=O) groups excluding carboxylic acids is 2. The third-order valence-corrected chi connectivity index (χ3v) is 4.35. The largest absolute Gasteiger partial charge is 0.497 e. The second-order valence-corrected chi connectivity index (χ2v) is 6.35. The molecule has 3 amide bonds. The second-order valence-electron chi connectivity index (χ2n) is 4.99. The minimum absolute atomic E-state index is 0.362. The highest BCUT2D eigenvalue weighted by Crippen LogP contribution is 2.28. The fraction of sp³-hybridized carbons (Fsp3) is 0.312. The predicted molar refractivity (Wildman–Crippen MR) is 90.9 cm³/mol. The van der Waals surface area contributed by atoms with Gasteiger partial charge in [-0.1, -0.05) is 11.8 Å². The van der Waals surface area contributed by atoms with E-state index in [-0.39, 0.29) is 5.91 Å². The highest BCUT2D eigenvalue weighted by Gasteiger charge is 2.17. The van der Waals surface area contributed by atoms with Gasteiger partial charge in [0.1, 0.15) is 5.75 Å². The van der Waals surface area contributed by atoms with Gasteiger partial charge in [-0.3, -0.25) is 10.1 Å². The molecule has 0 saturated heterocycles. The Morgan fingerprint density at radius 3 is 2.70 bits per heavy atom. The number of carbonyl (C=O) groups is 2. The number of fused-ring (bicyclic) bond motifs is 1. The molecule has 2 aromatic rings. The summed E-state index contributed by atoms with van der Waals surface area (Å²) in [5.74, 6) is 0.372. The molecule has 0 aliphatic carbocycles. The molecular weight excluding hydrogens is 314 g/mol. The van der Waals surface area contributed by atoms with Crippen molar-refractivity contribution in [1.82, 2.24) is 15.6 Å². The molecule has 1 aromatic carbocycles. The number of nitrogens with one attached hydrogen (secondary N) is 2. The number of pyridine rings is 1. The Kier molecular flexibility index (Phi) is 5.44. The SMILES string of the molecule is CNC(=O)NC(=O)C(C)Sc1cc(C)c2ccc(OC)cc2n1. The van der Waals surface area contributed by atoms with Crippen LogP contribution >= 0.6 is 11.8 Å². The van der Waals surface area contributed by atoms with Crippen LogP contribution in [-0.2, 0) is 4.79 Å². The van der Waals surface area contributed by atoms with E-state index in [1.807, 2.05) is 31.2 Å². The summed E-state index contributed by atoms with van der Waals surface area (Å²) in [5, 5.41) is 5.93. The molecule has 1 heterocycles. The number of ether oxygens (including phenoxy) is 1. The number of hydrogen-bond donors (Lipinski definition) is 2. The Morgan fingerprint density at radius 2 is 2.04 bits per heavy atom. The van der Waals surface area contributed by atoms with Crippen LogP contribution in [0.3, 0.4) is 0 Å². The Balaban J connectivity index is 2.22. The number of urea groups is 1. The van der Waals surface area contributed by atoms with Crippen LogP contribution in [-0.4, -0.2) is 36.3 Å². The van der Waals surface area contributed by atoms with Crippen LogP contribution in [0.5, 0.6) is 5.75 Å². The van der Waals surface area contributed by atoms with Gasteiger partial charge < -0.3 is 10.1 Å². The van der Waals surface area contributed by atoms with Crippen molar-refractivity contribution in [1.29, 1.82) is 0 Å². The number of methoxy groups -OCH3 is 1. The van der Waals surface area contributed by atoms with E-state index in [2.05, 4.69) is 15.6 Å². The molecule has 0 aliphatic heterocycles. The average Bonchev–Trinajstić information content (AvgIpc) is 2.53. The van der Waals surface area contributed by atoms with Gasteiger partial charge in [-0.2, -0.15) is 0 Å². The Bertz CT molecular complexity index is 749. The number of rotatable bonds is 4. The summed E-state index contributed by atoms with van der Waals surface area (Å²) in [5.41, 5.74) is 1.88. The maximum Gasteiger partial charge on any atom is 0.321 e. The lowest BCUT2D eigenvalue weighted by atomic mass is 10.1. The molecule has 23 heavy (non-hydrogen) atoms. The van der Waals surface area contributed by atoms with Crippen molar-refractivity contribution in [3.05, 3.63) is 29.8 Å². The fourth-order valence-electron chi connectivity index (χ4n) is 2.05. The fourth-order valence-corrected chi connectivity index (χ4v) is 2.97. The molecule has 0 saturated carbocycles. The van der Waals surface area contributed by atoms with E-state index >= 15 is 0 Å². The standard InChI is InChI=1S/C16H19N3O3S/c1-9-7-14(23-10(2)15(20)19-16(21)17-3)18-13-8-11(22-4)5-6-12(9)13/h5-8,10H,1-4H3,(H2,17,19,20,21). The first-order valence-electron chi connectivity index (χ1n) is 7.09. The van der Waals surface area contributed by atoms with Gasteiger partial charge in [-0.25, -0.2) is 9.78 Å². The van der Waals surface area contributed by atoms with Gasteiger partial charge in [0.05, 0.1) is 22.9 Å². The van der Waals surface area contributed by atoms with Crippen molar-refractivity contribution in [3.63, 3.8) is 0 Å². The zero-order valence-corrected chi connectivity index (χ0v) is 14.3. The zero-order chi connectivity index (χ0) is 17.0. The Labute approximate surface area is 139 Å². The maximum atomic E-state index is 11.9. The first-order chi connectivity index (χ1) is 10.9. The van der Waals surface area contributed by atoms with Crippen molar-refractivity contribution >= 4 is 34.6 Å². The summed E-state index contributed by atoms with van der Waals surface area (Å²) in [7, 11) is 3.07. The lowest BCUT2D eigenvalue weighted by Crippen LogP contribution is -2.41. The maximum absolute atomic E-state index is 11.9. The third kappa shape index (κ3) is 4.13. The van der Waals surface area contributed by atoms with E-state index in [0.29, 0.717) is 0 Å². The molecule has 6 nitrogen and oxygen atoms in total. The highest BCUT2D eigenvalue weighted by molar-refractivity contribution is 8.00. The van der Waals surface area contributed by atoms with Gasteiger partial charge in [-0.15, -0.1) is 0 Å². The van der Waals surface area contributed by atoms with Crippen LogP contribution in [0.15, 0.2) is 29.3 Å². The number of aromatic nitrogens is 1. The molecular formula is C16H19N3O3S. The van der Waals surface area contributed by atoms with E-state index in [4.69, 9.17) is 4.74 Å².